The number of para-hydroxylation sites is 1. The molecule has 9 nitrogen and oxygen atoms in total. The molecule has 0 atom stereocenters. The lowest BCUT2D eigenvalue weighted by molar-refractivity contribution is 0.0497. The van der Waals surface area contributed by atoms with Gasteiger partial charge in [-0.25, -0.2) is 23.2 Å². The van der Waals surface area contributed by atoms with E-state index >= 15 is 0 Å². The number of alkyl carbamates (subject to hydrolysis) is 1. The van der Waals surface area contributed by atoms with Crippen LogP contribution in [-0.4, -0.2) is 55.5 Å². The molecule has 2 aromatic rings. The minimum Gasteiger partial charge on any atom is -0.444 e. The van der Waals surface area contributed by atoms with Gasteiger partial charge >= 0.3 is 6.09 Å². The molecule has 168 valence electrons. The van der Waals surface area contributed by atoms with Gasteiger partial charge in [0.2, 0.25) is 9.84 Å². The van der Waals surface area contributed by atoms with Gasteiger partial charge in [0.25, 0.3) is 5.16 Å². The van der Waals surface area contributed by atoms with Crippen LogP contribution in [0, 0.1) is 0 Å². The molecule has 10 heteroatoms. The molecule has 2 heterocycles. The quantitative estimate of drug-likeness (QED) is 0.672. The topological polar surface area (TPSA) is 114 Å². The molecule has 0 radical (unpaired) electrons. The number of carbonyl (C=O) groups is 1. The van der Waals surface area contributed by atoms with Gasteiger partial charge < -0.3 is 20.3 Å². The highest BCUT2D eigenvalue weighted by atomic mass is 32.2. The zero-order valence-electron chi connectivity index (χ0n) is 18.3. The minimum absolute atomic E-state index is 0.00997. The van der Waals surface area contributed by atoms with Crippen LogP contribution >= 0.6 is 0 Å². The van der Waals surface area contributed by atoms with Crippen LogP contribution < -0.4 is 15.5 Å². The molecule has 3 rings (SSSR count). The smallest absolute Gasteiger partial charge is 0.407 e. The number of hydrogen-bond acceptors (Lipinski definition) is 8. The molecule has 0 aliphatic carbocycles. The summed E-state index contributed by atoms with van der Waals surface area (Å²) >= 11 is 0. The maximum Gasteiger partial charge on any atom is 0.407 e. The summed E-state index contributed by atoms with van der Waals surface area (Å²) in [7, 11) is -3.59. The van der Waals surface area contributed by atoms with Gasteiger partial charge in [-0.05, 0) is 45.7 Å². The summed E-state index contributed by atoms with van der Waals surface area (Å²) in [5, 5.41) is 5.81. The third-order valence-corrected chi connectivity index (χ3v) is 5.46. The van der Waals surface area contributed by atoms with Gasteiger partial charge in [0.15, 0.2) is 0 Å². The van der Waals surface area contributed by atoms with Crippen LogP contribution in [0.15, 0.2) is 41.6 Å². The van der Waals surface area contributed by atoms with Crippen LogP contribution in [0.1, 0.15) is 33.6 Å². The Hall–Kier alpha value is -2.88. The minimum atomic E-state index is -3.59. The first kappa shape index (κ1) is 22.8. The number of carbonyl (C=O) groups excluding carboxylic acids is 1. The van der Waals surface area contributed by atoms with Gasteiger partial charge in [-0.15, -0.1) is 0 Å². The Morgan fingerprint density at radius 1 is 1.13 bits per heavy atom. The number of nitrogens with zero attached hydrogens (tertiary/aromatic N) is 3. The molecule has 0 bridgehead atoms. The molecule has 1 aliphatic rings. The normalized spacial score (nSPS) is 15.4. The summed E-state index contributed by atoms with van der Waals surface area (Å²) in [5.74, 6) is 0.940. The van der Waals surface area contributed by atoms with Crippen molar-refractivity contribution in [3.8, 4) is 0 Å². The first-order chi connectivity index (χ1) is 14.5. The number of amides is 1. The fourth-order valence-electron chi connectivity index (χ4n) is 3.20. The van der Waals surface area contributed by atoms with E-state index < -0.39 is 21.5 Å². The summed E-state index contributed by atoms with van der Waals surface area (Å²) < 4.78 is 29.6. The second kappa shape index (κ2) is 9.09. The Morgan fingerprint density at radius 3 is 2.35 bits per heavy atom. The molecule has 1 aromatic heterocycles. The largest absolute Gasteiger partial charge is 0.444 e. The van der Waals surface area contributed by atoms with Crippen molar-refractivity contribution in [2.24, 2.45) is 0 Å². The standard InChI is InChI=1S/C21H29N5O4S/c1-21(2,3)30-20(27)23-16-10-12-26(13-11-16)18-14-17(22-15-8-6-5-7-9-15)24-19(25-18)31(4,28)29/h5-9,14,16H,10-13H2,1-4H3,(H,23,27)(H,22,24,25). The van der Waals surface area contributed by atoms with Crippen LogP contribution in [0.25, 0.3) is 0 Å². The van der Waals surface area contributed by atoms with Crippen LogP contribution in [0.2, 0.25) is 0 Å². The lowest BCUT2D eigenvalue weighted by atomic mass is 10.1. The number of benzene rings is 1. The molecule has 1 saturated heterocycles. The van der Waals surface area contributed by atoms with E-state index in [1.807, 2.05) is 56.0 Å². The predicted molar refractivity (Wildman–Crippen MR) is 119 cm³/mol. The van der Waals surface area contributed by atoms with Crippen molar-refractivity contribution in [1.29, 1.82) is 0 Å². The van der Waals surface area contributed by atoms with Gasteiger partial charge in [-0.3, -0.25) is 0 Å². The van der Waals surface area contributed by atoms with Crippen molar-refractivity contribution in [2.75, 3.05) is 29.6 Å². The number of aromatic nitrogens is 2. The fraction of sp³-hybridized carbons (Fsp3) is 0.476. The van der Waals surface area contributed by atoms with Crippen molar-refractivity contribution < 1.29 is 17.9 Å². The van der Waals surface area contributed by atoms with Gasteiger partial charge in [0.05, 0.1) is 0 Å². The van der Waals surface area contributed by atoms with Crippen molar-refractivity contribution in [3.63, 3.8) is 0 Å². The monoisotopic (exact) mass is 447 g/mol. The van der Waals surface area contributed by atoms with E-state index in [1.54, 1.807) is 6.07 Å². The Balaban J connectivity index is 1.72. The summed E-state index contributed by atoms with van der Waals surface area (Å²) in [6.45, 7) is 6.71. The second-order valence-electron chi connectivity index (χ2n) is 8.56. The van der Waals surface area contributed by atoms with E-state index in [0.29, 0.717) is 37.6 Å². The van der Waals surface area contributed by atoms with E-state index in [1.165, 1.54) is 0 Å². The molecule has 2 N–H and O–H groups in total. The predicted octanol–water partition coefficient (Wildman–Crippen LogP) is 3.12. The highest BCUT2D eigenvalue weighted by Gasteiger charge is 2.25. The van der Waals surface area contributed by atoms with Crippen LogP contribution in [0.4, 0.5) is 22.1 Å². The third kappa shape index (κ3) is 6.81. The van der Waals surface area contributed by atoms with Crippen molar-refractivity contribution in [2.45, 2.75) is 50.4 Å². The Morgan fingerprint density at radius 2 is 1.77 bits per heavy atom. The van der Waals surface area contributed by atoms with Crippen LogP contribution in [0.5, 0.6) is 0 Å². The van der Waals surface area contributed by atoms with E-state index in [9.17, 15) is 13.2 Å². The van der Waals surface area contributed by atoms with Crippen LogP contribution in [-0.2, 0) is 14.6 Å². The first-order valence-corrected chi connectivity index (χ1v) is 12.0. The molecule has 0 unspecified atom stereocenters. The van der Waals surface area contributed by atoms with E-state index in [0.717, 1.165) is 11.9 Å². The summed E-state index contributed by atoms with van der Waals surface area (Å²) in [6.07, 6.45) is 2.05. The first-order valence-electron chi connectivity index (χ1n) is 10.2. The number of hydrogen-bond donors (Lipinski definition) is 2. The summed E-state index contributed by atoms with van der Waals surface area (Å²) in [5.41, 5.74) is 0.252. The van der Waals surface area contributed by atoms with Gasteiger partial charge in [0, 0.05) is 37.1 Å². The SMILES string of the molecule is CC(C)(C)OC(=O)NC1CCN(c2cc(Nc3ccccc3)nc(S(C)(=O)=O)n2)CC1. The number of sulfone groups is 1. The number of anilines is 3. The molecule has 1 aromatic carbocycles. The van der Waals surface area contributed by atoms with Crippen LogP contribution in [0.3, 0.4) is 0 Å². The molecule has 1 aliphatic heterocycles. The number of rotatable bonds is 5. The zero-order valence-corrected chi connectivity index (χ0v) is 19.1. The Labute approximate surface area is 183 Å². The van der Waals surface area contributed by atoms with E-state index in [4.69, 9.17) is 4.74 Å². The Bertz CT molecular complexity index is 1010. The maximum atomic E-state index is 12.1. The lowest BCUT2D eigenvalue weighted by Crippen LogP contribution is -2.46. The Kier molecular flexibility index (Phi) is 6.68. The number of nitrogens with one attached hydrogen (secondary N) is 2. The number of piperidine rings is 1. The summed E-state index contributed by atoms with van der Waals surface area (Å²) in [4.78, 5) is 22.5. The van der Waals surface area contributed by atoms with E-state index in [2.05, 4.69) is 20.6 Å². The van der Waals surface area contributed by atoms with Crippen molar-refractivity contribution in [1.82, 2.24) is 15.3 Å². The average molecular weight is 448 g/mol. The highest BCUT2D eigenvalue weighted by Crippen LogP contribution is 2.24. The highest BCUT2D eigenvalue weighted by molar-refractivity contribution is 7.90. The molecule has 1 fully saturated rings. The molecular formula is C21H29N5O4S. The molecule has 1 amide bonds. The fourth-order valence-corrected chi connectivity index (χ4v) is 3.72. The average Bonchev–Trinajstić information content (AvgIpc) is 2.67. The molecule has 0 saturated carbocycles. The zero-order chi connectivity index (χ0) is 22.6. The molecule has 0 spiro atoms. The maximum absolute atomic E-state index is 12.1. The van der Waals surface area contributed by atoms with E-state index in [-0.39, 0.29) is 11.2 Å². The van der Waals surface area contributed by atoms with Crippen molar-refractivity contribution >= 4 is 33.3 Å². The third-order valence-electron chi connectivity index (χ3n) is 4.61. The number of ether oxygens (including phenoxy) is 1. The van der Waals surface area contributed by atoms with Crippen molar-refractivity contribution in [3.05, 3.63) is 36.4 Å². The second-order valence-corrected chi connectivity index (χ2v) is 10.5. The lowest BCUT2D eigenvalue weighted by Gasteiger charge is -2.33. The van der Waals surface area contributed by atoms with Gasteiger partial charge in [-0.2, -0.15) is 0 Å². The van der Waals surface area contributed by atoms with Gasteiger partial charge in [0.1, 0.15) is 17.2 Å². The molecule has 31 heavy (non-hydrogen) atoms. The van der Waals surface area contributed by atoms with Gasteiger partial charge in [-0.1, -0.05) is 18.2 Å². The summed E-state index contributed by atoms with van der Waals surface area (Å²) in [6, 6.07) is 11.1. The molecular weight excluding hydrogens is 418 g/mol.